The maximum Gasteiger partial charge on any atom is 0.289 e. The molecule has 0 saturated carbocycles. The van der Waals surface area contributed by atoms with Crippen LogP contribution in [0.25, 0.3) is 0 Å². The first-order chi connectivity index (χ1) is 16.6. The molecule has 0 aliphatic carbocycles. The highest BCUT2D eigenvalue weighted by Gasteiger charge is 2.30. The summed E-state index contributed by atoms with van der Waals surface area (Å²) >= 11 is 1.87. The molecule has 7 heteroatoms. The third-order valence-electron chi connectivity index (χ3n) is 6.42. The van der Waals surface area contributed by atoms with Gasteiger partial charge in [0.2, 0.25) is 5.91 Å². The van der Waals surface area contributed by atoms with Gasteiger partial charge in [-0.3, -0.25) is 9.59 Å². The van der Waals surface area contributed by atoms with Crippen LogP contribution in [0.3, 0.4) is 0 Å². The lowest BCUT2D eigenvalue weighted by molar-refractivity contribution is -0.130. The van der Waals surface area contributed by atoms with Crippen molar-refractivity contribution in [2.75, 3.05) is 31.1 Å². The highest BCUT2D eigenvalue weighted by Crippen LogP contribution is 2.37. The zero-order valence-corrected chi connectivity index (χ0v) is 20.1. The minimum absolute atomic E-state index is 0.0599. The van der Waals surface area contributed by atoms with Crippen LogP contribution in [0.1, 0.15) is 46.0 Å². The largest absolute Gasteiger partial charge is 0.486 e. The second-order valence-corrected chi connectivity index (χ2v) is 9.82. The Labute approximate surface area is 203 Å². The summed E-state index contributed by atoms with van der Waals surface area (Å²) in [6, 6.07) is 19.6. The smallest absolute Gasteiger partial charge is 0.289 e. The molecule has 2 aliphatic heterocycles. The first-order valence-electron chi connectivity index (χ1n) is 11.6. The van der Waals surface area contributed by atoms with Crippen LogP contribution in [-0.2, 0) is 17.8 Å². The van der Waals surface area contributed by atoms with E-state index in [9.17, 15) is 9.59 Å². The quantitative estimate of drug-likeness (QED) is 0.541. The van der Waals surface area contributed by atoms with Crippen molar-refractivity contribution in [3.05, 3.63) is 88.9 Å². The lowest BCUT2D eigenvalue weighted by Crippen LogP contribution is -2.39. The van der Waals surface area contributed by atoms with E-state index in [-0.39, 0.29) is 24.5 Å². The molecule has 6 nitrogen and oxygen atoms in total. The number of rotatable bonds is 5. The van der Waals surface area contributed by atoms with Gasteiger partial charge in [0.15, 0.2) is 5.76 Å². The van der Waals surface area contributed by atoms with Crippen molar-refractivity contribution in [2.24, 2.45) is 0 Å². The van der Waals surface area contributed by atoms with E-state index in [0.717, 1.165) is 42.1 Å². The van der Waals surface area contributed by atoms with Gasteiger partial charge in [-0.1, -0.05) is 36.4 Å². The Kier molecular flexibility index (Phi) is 6.63. The van der Waals surface area contributed by atoms with E-state index in [0.29, 0.717) is 23.8 Å². The van der Waals surface area contributed by atoms with E-state index in [1.54, 1.807) is 19.1 Å². The van der Waals surface area contributed by atoms with Gasteiger partial charge in [-0.15, -0.1) is 0 Å². The molecule has 1 atom stereocenters. The van der Waals surface area contributed by atoms with Gasteiger partial charge in [0, 0.05) is 38.1 Å². The summed E-state index contributed by atoms with van der Waals surface area (Å²) in [6.07, 6.45) is 0.817. The van der Waals surface area contributed by atoms with Gasteiger partial charge < -0.3 is 19.0 Å². The minimum Gasteiger partial charge on any atom is -0.486 e. The van der Waals surface area contributed by atoms with Gasteiger partial charge in [-0.2, -0.15) is 11.8 Å². The molecule has 1 saturated heterocycles. The Bertz CT molecular complexity index is 1170. The SMILES string of the molecule is CC(=O)N1CCc2ccc(OCc3ccc(C(=O)N4CCSCC4)o3)cc2[C@@H]1c1ccccc1. The zero-order chi connectivity index (χ0) is 23.5. The third kappa shape index (κ3) is 4.71. The van der Waals surface area contributed by atoms with Crippen LogP contribution in [0, 0.1) is 0 Å². The molecular formula is C27H28N2O4S. The van der Waals surface area contributed by atoms with E-state index >= 15 is 0 Å². The maximum absolute atomic E-state index is 12.7. The average Bonchev–Trinajstić information content (AvgIpc) is 3.36. The molecule has 0 bridgehead atoms. The van der Waals surface area contributed by atoms with Crippen molar-refractivity contribution >= 4 is 23.6 Å². The van der Waals surface area contributed by atoms with Gasteiger partial charge in [-0.05, 0) is 47.4 Å². The molecule has 0 spiro atoms. The fraction of sp³-hybridized carbons (Fsp3) is 0.333. The summed E-state index contributed by atoms with van der Waals surface area (Å²) < 4.78 is 11.8. The van der Waals surface area contributed by atoms with Gasteiger partial charge in [-0.25, -0.2) is 0 Å². The van der Waals surface area contributed by atoms with Crippen molar-refractivity contribution in [1.29, 1.82) is 0 Å². The van der Waals surface area contributed by atoms with Gasteiger partial charge >= 0.3 is 0 Å². The van der Waals surface area contributed by atoms with Crippen LogP contribution < -0.4 is 4.74 Å². The van der Waals surface area contributed by atoms with Crippen molar-refractivity contribution in [1.82, 2.24) is 9.80 Å². The Morgan fingerprint density at radius 2 is 1.82 bits per heavy atom. The molecule has 2 aliphatic rings. The number of thioether (sulfide) groups is 1. The van der Waals surface area contributed by atoms with E-state index in [1.165, 1.54) is 5.56 Å². The lowest BCUT2D eigenvalue weighted by Gasteiger charge is -2.37. The third-order valence-corrected chi connectivity index (χ3v) is 7.36. The maximum atomic E-state index is 12.7. The summed E-state index contributed by atoms with van der Waals surface area (Å²) in [6.45, 7) is 4.06. The number of carbonyl (C=O) groups excluding carboxylic acids is 2. The molecule has 34 heavy (non-hydrogen) atoms. The molecule has 1 fully saturated rings. The Balaban J connectivity index is 1.33. The highest BCUT2D eigenvalue weighted by molar-refractivity contribution is 7.99. The fourth-order valence-corrected chi connectivity index (χ4v) is 5.57. The van der Waals surface area contributed by atoms with Crippen LogP contribution in [0.2, 0.25) is 0 Å². The molecule has 2 aromatic carbocycles. The second kappa shape index (κ2) is 9.97. The lowest BCUT2D eigenvalue weighted by atomic mass is 9.88. The van der Waals surface area contributed by atoms with Crippen LogP contribution in [0.5, 0.6) is 5.75 Å². The summed E-state index contributed by atoms with van der Waals surface area (Å²) in [5.41, 5.74) is 3.40. The standard InChI is InChI=1S/C27H28N2O4S/c1-19(30)29-12-11-20-7-8-22(17-24(20)26(29)21-5-3-2-4-6-21)32-18-23-9-10-25(33-23)27(31)28-13-15-34-16-14-28/h2-10,17,26H,11-16,18H2,1H3/t26-/m0/s1. The number of fused-ring (bicyclic) bond motifs is 1. The van der Waals surface area contributed by atoms with E-state index in [4.69, 9.17) is 9.15 Å². The first kappa shape index (κ1) is 22.6. The van der Waals surface area contributed by atoms with Gasteiger partial charge in [0.25, 0.3) is 5.91 Å². The molecule has 3 heterocycles. The first-order valence-corrected chi connectivity index (χ1v) is 12.8. The van der Waals surface area contributed by atoms with E-state index in [2.05, 4.69) is 18.2 Å². The Hall–Kier alpha value is -3.19. The average molecular weight is 477 g/mol. The number of amides is 2. The number of benzene rings is 2. The van der Waals surface area contributed by atoms with Crippen molar-refractivity contribution in [3.63, 3.8) is 0 Å². The molecule has 176 valence electrons. The van der Waals surface area contributed by atoms with E-state index < -0.39 is 0 Å². The molecular weight excluding hydrogens is 448 g/mol. The van der Waals surface area contributed by atoms with Crippen LogP contribution >= 0.6 is 11.8 Å². The Morgan fingerprint density at radius 1 is 1.03 bits per heavy atom. The van der Waals surface area contributed by atoms with Crippen molar-refractivity contribution < 1.29 is 18.7 Å². The van der Waals surface area contributed by atoms with Crippen molar-refractivity contribution in [3.8, 4) is 5.75 Å². The second-order valence-electron chi connectivity index (χ2n) is 8.60. The van der Waals surface area contributed by atoms with E-state index in [1.807, 2.05) is 51.9 Å². The molecule has 3 aromatic rings. The predicted molar refractivity (Wildman–Crippen MR) is 132 cm³/mol. The number of hydrogen-bond acceptors (Lipinski definition) is 5. The van der Waals surface area contributed by atoms with Crippen molar-refractivity contribution in [2.45, 2.75) is 26.0 Å². The molecule has 5 rings (SSSR count). The van der Waals surface area contributed by atoms with Gasteiger partial charge in [0.05, 0.1) is 6.04 Å². The zero-order valence-electron chi connectivity index (χ0n) is 19.2. The summed E-state index contributed by atoms with van der Waals surface area (Å²) in [5.74, 6) is 3.61. The number of furan rings is 1. The minimum atomic E-state index is -0.137. The normalized spacial score (nSPS) is 17.9. The monoisotopic (exact) mass is 476 g/mol. The topological polar surface area (TPSA) is 63.0 Å². The molecule has 0 unspecified atom stereocenters. The van der Waals surface area contributed by atoms with Crippen LogP contribution in [0.4, 0.5) is 0 Å². The van der Waals surface area contributed by atoms with Crippen LogP contribution in [0.15, 0.2) is 65.1 Å². The summed E-state index contributed by atoms with van der Waals surface area (Å²) in [7, 11) is 0. The Morgan fingerprint density at radius 3 is 2.59 bits per heavy atom. The predicted octanol–water partition coefficient (Wildman–Crippen LogP) is 4.54. The fourth-order valence-electron chi connectivity index (χ4n) is 4.66. The molecule has 2 amide bonds. The number of carbonyl (C=O) groups is 2. The number of nitrogens with zero attached hydrogens (tertiary/aromatic N) is 2. The molecule has 0 N–H and O–H groups in total. The van der Waals surface area contributed by atoms with Gasteiger partial charge in [0.1, 0.15) is 18.1 Å². The summed E-state index contributed by atoms with van der Waals surface area (Å²) in [5, 5.41) is 0. The highest BCUT2D eigenvalue weighted by atomic mass is 32.2. The van der Waals surface area contributed by atoms with Crippen LogP contribution in [-0.4, -0.2) is 52.8 Å². The summed E-state index contributed by atoms with van der Waals surface area (Å²) in [4.78, 5) is 28.8. The number of hydrogen-bond donors (Lipinski definition) is 0. The number of ether oxygens (including phenoxy) is 1. The molecule has 1 aromatic heterocycles. The molecule has 0 radical (unpaired) electrons.